The fraction of sp³-hybridized carbons (Fsp3) is 0.222. The van der Waals surface area contributed by atoms with Crippen LogP contribution in [0, 0.1) is 11.8 Å². The van der Waals surface area contributed by atoms with Gasteiger partial charge in [0.05, 0.1) is 0 Å². The minimum atomic E-state index is 1.03. The molecule has 0 atom stereocenters. The predicted molar refractivity (Wildman–Crippen MR) is 85.2 cm³/mol. The summed E-state index contributed by atoms with van der Waals surface area (Å²) in [5.74, 6) is 6.40. The van der Waals surface area contributed by atoms with E-state index in [4.69, 9.17) is 0 Å². The van der Waals surface area contributed by atoms with E-state index in [-0.39, 0.29) is 0 Å². The maximum atomic E-state index is 3.51. The first-order valence-corrected chi connectivity index (χ1v) is 7.44. The summed E-state index contributed by atoms with van der Waals surface area (Å²) in [5.41, 5.74) is 3.49. The summed E-state index contributed by atoms with van der Waals surface area (Å²) in [5, 5.41) is 0. The quantitative estimate of drug-likeness (QED) is 0.684. The molecule has 0 radical (unpaired) electrons. The molecule has 0 heterocycles. The Hall–Kier alpha value is -1.52. The van der Waals surface area contributed by atoms with Crippen LogP contribution >= 0.6 is 15.9 Å². The van der Waals surface area contributed by atoms with Crippen LogP contribution in [-0.4, -0.2) is 0 Å². The zero-order valence-corrected chi connectivity index (χ0v) is 12.7. The summed E-state index contributed by atoms with van der Waals surface area (Å²) in [7, 11) is 0. The summed E-state index contributed by atoms with van der Waals surface area (Å²) < 4.78 is 1.04. The van der Waals surface area contributed by atoms with Gasteiger partial charge in [-0.05, 0) is 58.6 Å². The molecule has 0 fully saturated rings. The average molecular weight is 313 g/mol. The highest BCUT2D eigenvalue weighted by Gasteiger charge is 1.94. The Morgan fingerprint density at radius 1 is 0.947 bits per heavy atom. The lowest BCUT2D eigenvalue weighted by atomic mass is 10.1. The first kappa shape index (κ1) is 13.9. The Labute approximate surface area is 124 Å². The number of benzene rings is 2. The Morgan fingerprint density at radius 2 is 1.68 bits per heavy atom. The Kier molecular flexibility index (Phi) is 5.24. The van der Waals surface area contributed by atoms with Crippen LogP contribution in [-0.2, 0) is 6.42 Å². The van der Waals surface area contributed by atoms with Gasteiger partial charge in [-0.15, -0.1) is 0 Å². The molecule has 0 aromatic heterocycles. The fourth-order valence-electron chi connectivity index (χ4n) is 1.84. The molecule has 0 bridgehead atoms. The van der Waals surface area contributed by atoms with Crippen LogP contribution in [0.4, 0.5) is 0 Å². The molecule has 0 amide bonds. The molecule has 2 aromatic carbocycles. The molecule has 1 heteroatoms. The molecule has 0 aliphatic heterocycles. The number of aryl methyl sites for hydroxylation is 1. The van der Waals surface area contributed by atoms with E-state index in [0.29, 0.717) is 0 Å². The monoisotopic (exact) mass is 312 g/mol. The van der Waals surface area contributed by atoms with Gasteiger partial charge in [-0.25, -0.2) is 0 Å². The van der Waals surface area contributed by atoms with Crippen molar-refractivity contribution in [2.45, 2.75) is 26.2 Å². The second-order valence-corrected chi connectivity index (χ2v) is 5.38. The topological polar surface area (TPSA) is 0 Å². The van der Waals surface area contributed by atoms with Crippen molar-refractivity contribution in [2.24, 2.45) is 0 Å². The highest BCUT2D eigenvalue weighted by Crippen LogP contribution is 2.14. The number of unbranched alkanes of at least 4 members (excludes halogenated alkanes) is 1. The average Bonchev–Trinajstić information content (AvgIpc) is 2.45. The summed E-state index contributed by atoms with van der Waals surface area (Å²) in [6, 6.07) is 16.6. The van der Waals surface area contributed by atoms with Crippen molar-refractivity contribution in [2.75, 3.05) is 0 Å². The van der Waals surface area contributed by atoms with Gasteiger partial charge >= 0.3 is 0 Å². The number of rotatable bonds is 3. The Balaban J connectivity index is 2.10. The summed E-state index contributed by atoms with van der Waals surface area (Å²) in [4.78, 5) is 0. The minimum Gasteiger partial charge on any atom is -0.0654 e. The van der Waals surface area contributed by atoms with Gasteiger partial charge in [0, 0.05) is 15.6 Å². The second kappa shape index (κ2) is 7.16. The van der Waals surface area contributed by atoms with Gasteiger partial charge in [0.15, 0.2) is 0 Å². The van der Waals surface area contributed by atoms with Crippen LogP contribution in [0.25, 0.3) is 0 Å². The maximum Gasteiger partial charge on any atom is 0.0391 e. The molecule has 2 rings (SSSR count). The van der Waals surface area contributed by atoms with Crippen LogP contribution < -0.4 is 0 Å². The Bertz CT molecular complexity index is 585. The van der Waals surface area contributed by atoms with E-state index in [1.807, 2.05) is 24.3 Å². The molecule has 0 unspecified atom stereocenters. The van der Waals surface area contributed by atoms with Gasteiger partial charge in [0.1, 0.15) is 0 Å². The van der Waals surface area contributed by atoms with Gasteiger partial charge in [0.25, 0.3) is 0 Å². The third kappa shape index (κ3) is 4.26. The van der Waals surface area contributed by atoms with E-state index >= 15 is 0 Å². The van der Waals surface area contributed by atoms with Gasteiger partial charge in [0.2, 0.25) is 0 Å². The molecule has 0 aliphatic rings. The molecule has 2 aromatic rings. The lowest BCUT2D eigenvalue weighted by Gasteiger charge is -1.99. The van der Waals surface area contributed by atoms with Crippen molar-refractivity contribution >= 4 is 15.9 Å². The van der Waals surface area contributed by atoms with Crippen LogP contribution in [0.5, 0.6) is 0 Å². The van der Waals surface area contributed by atoms with Crippen LogP contribution in [0.1, 0.15) is 36.5 Å². The molecule has 19 heavy (non-hydrogen) atoms. The van der Waals surface area contributed by atoms with E-state index in [0.717, 1.165) is 22.0 Å². The summed E-state index contributed by atoms with van der Waals surface area (Å²) in [6.07, 6.45) is 3.65. The highest BCUT2D eigenvalue weighted by atomic mass is 79.9. The molecule has 0 N–H and O–H groups in total. The van der Waals surface area contributed by atoms with E-state index in [1.54, 1.807) is 0 Å². The van der Waals surface area contributed by atoms with E-state index in [2.05, 4.69) is 59.0 Å². The highest BCUT2D eigenvalue weighted by molar-refractivity contribution is 9.10. The van der Waals surface area contributed by atoms with Crippen LogP contribution in [0.2, 0.25) is 0 Å². The molecule has 96 valence electrons. The van der Waals surface area contributed by atoms with Crippen LogP contribution in [0.15, 0.2) is 53.0 Å². The first-order valence-electron chi connectivity index (χ1n) is 6.65. The SMILES string of the molecule is CCCCc1ccc(C#Cc2ccccc2Br)cc1. The lowest BCUT2D eigenvalue weighted by Crippen LogP contribution is -1.84. The van der Waals surface area contributed by atoms with Gasteiger partial charge in [-0.1, -0.05) is 49.5 Å². The van der Waals surface area contributed by atoms with Gasteiger partial charge < -0.3 is 0 Å². The smallest absolute Gasteiger partial charge is 0.0391 e. The summed E-state index contributed by atoms with van der Waals surface area (Å²) in [6.45, 7) is 2.22. The number of hydrogen-bond acceptors (Lipinski definition) is 0. The molecule has 0 saturated carbocycles. The van der Waals surface area contributed by atoms with Crippen LogP contribution in [0.3, 0.4) is 0 Å². The van der Waals surface area contributed by atoms with Crippen molar-refractivity contribution in [3.05, 3.63) is 69.7 Å². The molecule has 0 aliphatic carbocycles. The Morgan fingerprint density at radius 3 is 2.37 bits per heavy atom. The standard InChI is InChI=1S/C18H17Br/c1-2-3-6-15-9-11-16(12-10-15)13-14-17-7-4-5-8-18(17)19/h4-5,7-12H,2-3,6H2,1H3. The van der Waals surface area contributed by atoms with Crippen molar-refractivity contribution < 1.29 is 0 Å². The van der Waals surface area contributed by atoms with Crippen molar-refractivity contribution in [1.82, 2.24) is 0 Å². The fourth-order valence-corrected chi connectivity index (χ4v) is 2.22. The lowest BCUT2D eigenvalue weighted by molar-refractivity contribution is 0.795. The number of halogens is 1. The first-order chi connectivity index (χ1) is 9.29. The third-order valence-electron chi connectivity index (χ3n) is 2.99. The number of hydrogen-bond donors (Lipinski definition) is 0. The largest absolute Gasteiger partial charge is 0.0654 e. The van der Waals surface area contributed by atoms with E-state index in [1.165, 1.54) is 18.4 Å². The van der Waals surface area contributed by atoms with Gasteiger partial charge in [-0.3, -0.25) is 0 Å². The van der Waals surface area contributed by atoms with E-state index in [9.17, 15) is 0 Å². The zero-order valence-electron chi connectivity index (χ0n) is 11.1. The van der Waals surface area contributed by atoms with Crippen molar-refractivity contribution in [1.29, 1.82) is 0 Å². The minimum absolute atomic E-state index is 1.03. The summed E-state index contributed by atoms with van der Waals surface area (Å²) >= 11 is 3.51. The third-order valence-corrected chi connectivity index (χ3v) is 3.68. The predicted octanol–water partition coefficient (Wildman–Crippen LogP) is 5.19. The molecular formula is C18H17Br. The second-order valence-electron chi connectivity index (χ2n) is 4.53. The zero-order chi connectivity index (χ0) is 13.5. The van der Waals surface area contributed by atoms with Crippen molar-refractivity contribution in [3.63, 3.8) is 0 Å². The molecular weight excluding hydrogens is 296 g/mol. The molecule has 0 spiro atoms. The molecule has 0 saturated heterocycles. The maximum absolute atomic E-state index is 3.51. The normalized spacial score (nSPS) is 9.79. The molecule has 0 nitrogen and oxygen atoms in total. The van der Waals surface area contributed by atoms with E-state index < -0.39 is 0 Å². The van der Waals surface area contributed by atoms with Gasteiger partial charge in [-0.2, -0.15) is 0 Å². The van der Waals surface area contributed by atoms with Crippen molar-refractivity contribution in [3.8, 4) is 11.8 Å².